The molecule has 0 aromatic heterocycles. The van der Waals surface area contributed by atoms with E-state index in [0.717, 1.165) is 18.7 Å². The number of allylic oxidation sites excluding steroid dienone is 1. The summed E-state index contributed by atoms with van der Waals surface area (Å²) in [6.45, 7) is 5.19. The largest absolute Gasteiger partial charge is 0.486 e. The Balaban J connectivity index is 2.02. The van der Waals surface area contributed by atoms with Crippen molar-refractivity contribution in [1.82, 2.24) is 5.32 Å². The van der Waals surface area contributed by atoms with Crippen molar-refractivity contribution < 1.29 is 4.74 Å². The number of hydrogen-bond acceptors (Lipinski definition) is 2. The summed E-state index contributed by atoms with van der Waals surface area (Å²) in [5.74, 6) is 1.02. The first-order valence-electron chi connectivity index (χ1n) is 6.90. The molecule has 98 valence electrons. The second-order valence-corrected chi connectivity index (χ2v) is 5.16. The minimum absolute atomic E-state index is 0.249. The smallest absolute Gasteiger partial charge is 0.124 e. The number of benzene rings is 1. The predicted octanol–water partition coefficient (Wildman–Crippen LogP) is 3.67. The Kier molecular flexibility index (Phi) is 4.82. The lowest BCUT2D eigenvalue weighted by atomic mass is 10.1. The van der Waals surface area contributed by atoms with Crippen LogP contribution in [0.15, 0.2) is 36.4 Å². The summed E-state index contributed by atoms with van der Waals surface area (Å²) in [7, 11) is 0. The van der Waals surface area contributed by atoms with Crippen LogP contribution in [-0.4, -0.2) is 12.1 Å². The van der Waals surface area contributed by atoms with Gasteiger partial charge in [-0.3, -0.25) is 0 Å². The molecule has 0 saturated carbocycles. The minimum Gasteiger partial charge on any atom is -0.486 e. The van der Waals surface area contributed by atoms with Crippen LogP contribution >= 0.6 is 0 Å². The van der Waals surface area contributed by atoms with E-state index in [-0.39, 0.29) is 6.10 Å². The highest BCUT2D eigenvalue weighted by molar-refractivity contribution is 5.33. The highest BCUT2D eigenvalue weighted by atomic mass is 16.5. The van der Waals surface area contributed by atoms with E-state index in [1.807, 2.05) is 6.07 Å². The fraction of sp³-hybridized carbons (Fsp3) is 0.500. The SMILES string of the molecule is CC(C)NCc1ccccc1OC1C=CCCC1. The molecule has 0 heterocycles. The van der Waals surface area contributed by atoms with Gasteiger partial charge in [0.1, 0.15) is 11.9 Å². The summed E-state index contributed by atoms with van der Waals surface area (Å²) in [6, 6.07) is 8.81. The van der Waals surface area contributed by atoms with Gasteiger partial charge in [0.2, 0.25) is 0 Å². The summed E-state index contributed by atoms with van der Waals surface area (Å²) in [6.07, 6.45) is 8.21. The van der Waals surface area contributed by atoms with Crippen molar-refractivity contribution in [2.75, 3.05) is 0 Å². The van der Waals surface area contributed by atoms with Crippen LogP contribution in [0.2, 0.25) is 0 Å². The second kappa shape index (κ2) is 6.60. The summed E-state index contributed by atoms with van der Waals surface area (Å²) < 4.78 is 6.09. The number of hydrogen-bond donors (Lipinski definition) is 1. The summed E-state index contributed by atoms with van der Waals surface area (Å²) in [5, 5.41) is 3.44. The van der Waals surface area contributed by atoms with Crippen molar-refractivity contribution in [3.05, 3.63) is 42.0 Å². The normalized spacial score (nSPS) is 19.2. The Morgan fingerprint density at radius 2 is 2.17 bits per heavy atom. The molecule has 1 aromatic rings. The second-order valence-electron chi connectivity index (χ2n) is 5.16. The Morgan fingerprint density at radius 1 is 1.33 bits per heavy atom. The molecule has 0 saturated heterocycles. The molecule has 2 heteroatoms. The maximum Gasteiger partial charge on any atom is 0.124 e. The summed E-state index contributed by atoms with van der Waals surface area (Å²) in [5.41, 5.74) is 1.24. The third-order valence-corrected chi connectivity index (χ3v) is 3.16. The molecular weight excluding hydrogens is 222 g/mol. The third kappa shape index (κ3) is 3.88. The van der Waals surface area contributed by atoms with Crippen LogP contribution in [0, 0.1) is 0 Å². The zero-order valence-corrected chi connectivity index (χ0v) is 11.4. The van der Waals surface area contributed by atoms with Gasteiger partial charge in [-0.2, -0.15) is 0 Å². The van der Waals surface area contributed by atoms with Gasteiger partial charge in [-0.1, -0.05) is 38.1 Å². The van der Waals surface area contributed by atoms with E-state index in [1.54, 1.807) is 0 Å². The minimum atomic E-state index is 0.249. The molecule has 2 nitrogen and oxygen atoms in total. The maximum atomic E-state index is 6.09. The Labute approximate surface area is 110 Å². The molecule has 1 N–H and O–H groups in total. The Morgan fingerprint density at radius 3 is 2.89 bits per heavy atom. The molecule has 0 radical (unpaired) electrons. The maximum absolute atomic E-state index is 6.09. The molecule has 18 heavy (non-hydrogen) atoms. The summed E-state index contributed by atoms with van der Waals surface area (Å²) in [4.78, 5) is 0. The van der Waals surface area contributed by atoms with E-state index in [9.17, 15) is 0 Å². The lowest BCUT2D eigenvalue weighted by molar-refractivity contribution is 0.227. The molecule has 0 amide bonds. The number of ether oxygens (including phenoxy) is 1. The van der Waals surface area contributed by atoms with E-state index in [1.165, 1.54) is 18.4 Å². The van der Waals surface area contributed by atoms with Gasteiger partial charge in [0, 0.05) is 18.2 Å². The fourth-order valence-electron chi connectivity index (χ4n) is 2.12. The Hall–Kier alpha value is -1.28. The lowest BCUT2D eigenvalue weighted by Crippen LogP contribution is -2.23. The Bertz CT molecular complexity index is 398. The molecule has 0 aliphatic heterocycles. The lowest BCUT2D eigenvalue weighted by Gasteiger charge is -2.21. The number of nitrogens with one attached hydrogen (secondary N) is 1. The van der Waals surface area contributed by atoms with Crippen molar-refractivity contribution in [3.63, 3.8) is 0 Å². The van der Waals surface area contributed by atoms with Gasteiger partial charge in [0.25, 0.3) is 0 Å². The van der Waals surface area contributed by atoms with E-state index >= 15 is 0 Å². The van der Waals surface area contributed by atoms with Crippen LogP contribution in [0.25, 0.3) is 0 Å². The number of rotatable bonds is 5. The molecular formula is C16H23NO. The first-order chi connectivity index (χ1) is 8.75. The van der Waals surface area contributed by atoms with Crippen molar-refractivity contribution in [1.29, 1.82) is 0 Å². The van der Waals surface area contributed by atoms with E-state index in [2.05, 4.69) is 49.5 Å². The van der Waals surface area contributed by atoms with Crippen molar-refractivity contribution in [2.24, 2.45) is 0 Å². The molecule has 1 aliphatic rings. The standard InChI is InChI=1S/C16H23NO/c1-13(2)17-12-14-8-6-7-11-16(14)18-15-9-4-3-5-10-15/h4,6-9,11,13,15,17H,3,5,10,12H2,1-2H3. The van der Waals surface area contributed by atoms with Gasteiger partial charge in [-0.15, -0.1) is 0 Å². The van der Waals surface area contributed by atoms with Gasteiger partial charge < -0.3 is 10.1 Å². The highest BCUT2D eigenvalue weighted by Gasteiger charge is 2.12. The van der Waals surface area contributed by atoms with Crippen LogP contribution in [0.5, 0.6) is 5.75 Å². The van der Waals surface area contributed by atoms with Gasteiger partial charge in [-0.05, 0) is 31.4 Å². The average molecular weight is 245 g/mol. The zero-order chi connectivity index (χ0) is 12.8. The van der Waals surface area contributed by atoms with Crippen LogP contribution < -0.4 is 10.1 Å². The summed E-state index contributed by atoms with van der Waals surface area (Å²) >= 11 is 0. The molecule has 2 rings (SSSR count). The molecule has 1 aliphatic carbocycles. The van der Waals surface area contributed by atoms with Gasteiger partial charge >= 0.3 is 0 Å². The highest BCUT2D eigenvalue weighted by Crippen LogP contribution is 2.23. The van der Waals surface area contributed by atoms with Crippen molar-refractivity contribution in [2.45, 2.75) is 51.8 Å². The first-order valence-corrected chi connectivity index (χ1v) is 6.90. The molecule has 0 spiro atoms. The topological polar surface area (TPSA) is 21.3 Å². The first kappa shape index (κ1) is 13.2. The molecule has 0 bridgehead atoms. The van der Waals surface area contributed by atoms with Gasteiger partial charge in [0.05, 0.1) is 0 Å². The van der Waals surface area contributed by atoms with Gasteiger partial charge in [0.15, 0.2) is 0 Å². The predicted molar refractivity (Wildman–Crippen MR) is 75.8 cm³/mol. The molecule has 1 aromatic carbocycles. The van der Waals surface area contributed by atoms with Gasteiger partial charge in [-0.25, -0.2) is 0 Å². The van der Waals surface area contributed by atoms with Crippen LogP contribution in [0.1, 0.15) is 38.7 Å². The van der Waals surface area contributed by atoms with E-state index < -0.39 is 0 Å². The third-order valence-electron chi connectivity index (χ3n) is 3.16. The van der Waals surface area contributed by atoms with E-state index in [4.69, 9.17) is 4.74 Å². The molecule has 1 atom stereocenters. The average Bonchev–Trinajstić information content (AvgIpc) is 2.39. The van der Waals surface area contributed by atoms with E-state index in [0.29, 0.717) is 6.04 Å². The number of para-hydroxylation sites is 1. The molecule has 1 unspecified atom stereocenters. The van der Waals surface area contributed by atoms with Crippen molar-refractivity contribution >= 4 is 0 Å². The molecule has 0 fully saturated rings. The van der Waals surface area contributed by atoms with Crippen LogP contribution in [-0.2, 0) is 6.54 Å². The van der Waals surface area contributed by atoms with Crippen LogP contribution in [0.4, 0.5) is 0 Å². The monoisotopic (exact) mass is 245 g/mol. The fourth-order valence-corrected chi connectivity index (χ4v) is 2.12. The van der Waals surface area contributed by atoms with Crippen LogP contribution in [0.3, 0.4) is 0 Å². The quantitative estimate of drug-likeness (QED) is 0.799. The van der Waals surface area contributed by atoms with Crippen molar-refractivity contribution in [3.8, 4) is 5.75 Å². The zero-order valence-electron chi connectivity index (χ0n) is 11.4.